The van der Waals surface area contributed by atoms with Crippen molar-refractivity contribution in [3.05, 3.63) is 12.7 Å². The average Bonchev–Trinajstić information content (AvgIpc) is 1.89. The van der Waals surface area contributed by atoms with Crippen LogP contribution in [0.5, 0.6) is 0 Å². The molecule has 0 unspecified atom stereocenters. The quantitative estimate of drug-likeness (QED) is 0.384. The van der Waals surface area contributed by atoms with Crippen LogP contribution in [-0.2, 0) is 9.53 Å². The van der Waals surface area contributed by atoms with Crippen LogP contribution >= 0.6 is 0 Å². The van der Waals surface area contributed by atoms with Gasteiger partial charge in [-0.25, -0.2) is 0 Å². The van der Waals surface area contributed by atoms with Gasteiger partial charge in [0.2, 0.25) is 5.91 Å². The molecule has 0 saturated heterocycles. The summed E-state index contributed by atoms with van der Waals surface area (Å²) in [5.74, 6) is -0.481. The van der Waals surface area contributed by atoms with Crippen molar-refractivity contribution < 1.29 is 14.6 Å². The summed E-state index contributed by atoms with van der Waals surface area (Å²) in [6.07, 6.45) is 1.06. The second kappa shape index (κ2) is 10.2. The van der Waals surface area contributed by atoms with Crippen LogP contribution in [0.15, 0.2) is 12.7 Å². The van der Waals surface area contributed by atoms with Gasteiger partial charge in [0.1, 0.15) is 6.79 Å². The van der Waals surface area contributed by atoms with Crippen LogP contribution in [0.4, 0.5) is 0 Å². The normalized spacial score (nSPS) is 6.89. The fraction of sp³-hybridized carbons (Fsp3) is 0.400. The molecule has 1 amide bonds. The highest BCUT2D eigenvalue weighted by molar-refractivity contribution is 5.84. The molecule has 0 bridgehead atoms. The highest BCUT2D eigenvalue weighted by Gasteiger charge is 1.69. The van der Waals surface area contributed by atoms with Gasteiger partial charge in [-0.15, -0.1) is 0 Å². The zero-order valence-electron chi connectivity index (χ0n) is 5.33. The average molecular weight is 133 g/mol. The van der Waals surface area contributed by atoms with Crippen LogP contribution < -0.4 is 5.73 Å². The molecule has 4 heteroatoms. The number of primary amides is 1. The zero-order valence-corrected chi connectivity index (χ0v) is 5.33. The van der Waals surface area contributed by atoms with Crippen molar-refractivity contribution in [2.75, 3.05) is 13.9 Å². The first-order chi connectivity index (χ1) is 4.18. The third-order valence-electron chi connectivity index (χ3n) is 0.330. The van der Waals surface area contributed by atoms with Crippen LogP contribution in [0.3, 0.4) is 0 Å². The van der Waals surface area contributed by atoms with Crippen molar-refractivity contribution in [1.82, 2.24) is 0 Å². The minimum atomic E-state index is -0.481. The zero-order chi connectivity index (χ0) is 7.70. The number of carbonyl (C=O) groups excluding carboxylic acids is 1. The Morgan fingerprint density at radius 1 is 2.00 bits per heavy atom. The lowest BCUT2D eigenvalue weighted by Gasteiger charge is -1.76. The molecule has 9 heavy (non-hydrogen) atoms. The SMILES string of the molecule is C=CC(N)=O.COCO. The summed E-state index contributed by atoms with van der Waals surface area (Å²) in [5.41, 5.74) is 4.53. The molecule has 0 rings (SSSR count). The molecule has 0 spiro atoms. The molecule has 4 nitrogen and oxygen atoms in total. The number of hydrogen-bond donors (Lipinski definition) is 2. The number of ether oxygens (including phenoxy) is 1. The van der Waals surface area contributed by atoms with E-state index in [2.05, 4.69) is 17.0 Å². The van der Waals surface area contributed by atoms with Gasteiger partial charge in [-0.3, -0.25) is 4.79 Å². The van der Waals surface area contributed by atoms with Crippen molar-refractivity contribution in [3.63, 3.8) is 0 Å². The molecule has 0 heterocycles. The van der Waals surface area contributed by atoms with E-state index in [0.29, 0.717) is 0 Å². The van der Waals surface area contributed by atoms with Gasteiger partial charge in [-0.05, 0) is 6.08 Å². The molecule has 0 aliphatic heterocycles. The summed E-state index contributed by atoms with van der Waals surface area (Å²) in [6, 6.07) is 0. The maximum Gasteiger partial charge on any atom is 0.240 e. The maximum atomic E-state index is 9.47. The lowest BCUT2D eigenvalue weighted by Crippen LogP contribution is -2.04. The van der Waals surface area contributed by atoms with Gasteiger partial charge in [0.25, 0.3) is 0 Å². The Hall–Kier alpha value is -0.870. The molecule has 54 valence electrons. The molecule has 0 aromatic rings. The Balaban J connectivity index is 0. The van der Waals surface area contributed by atoms with E-state index >= 15 is 0 Å². The predicted molar refractivity (Wildman–Crippen MR) is 33.5 cm³/mol. The van der Waals surface area contributed by atoms with Crippen molar-refractivity contribution in [2.45, 2.75) is 0 Å². The summed E-state index contributed by atoms with van der Waals surface area (Å²) in [7, 11) is 1.43. The summed E-state index contributed by atoms with van der Waals surface area (Å²) in [4.78, 5) is 9.47. The smallest absolute Gasteiger partial charge is 0.240 e. The van der Waals surface area contributed by atoms with Gasteiger partial charge in [0.15, 0.2) is 0 Å². The lowest BCUT2D eigenvalue weighted by molar-refractivity contribution is -0.113. The van der Waals surface area contributed by atoms with Gasteiger partial charge in [0.05, 0.1) is 0 Å². The highest BCUT2D eigenvalue weighted by atomic mass is 16.6. The monoisotopic (exact) mass is 133 g/mol. The van der Waals surface area contributed by atoms with Gasteiger partial charge < -0.3 is 15.6 Å². The second-order valence-electron chi connectivity index (χ2n) is 1.02. The summed E-state index contributed by atoms with van der Waals surface area (Å²) in [6.45, 7) is 2.91. The van der Waals surface area contributed by atoms with Gasteiger partial charge >= 0.3 is 0 Å². The molecule has 3 N–H and O–H groups in total. The third kappa shape index (κ3) is 41.4. The highest BCUT2D eigenvalue weighted by Crippen LogP contribution is 1.48. The Morgan fingerprint density at radius 3 is 2.22 bits per heavy atom. The van der Waals surface area contributed by atoms with Crippen LogP contribution in [0.1, 0.15) is 0 Å². The van der Waals surface area contributed by atoms with Crippen molar-refractivity contribution >= 4 is 5.91 Å². The van der Waals surface area contributed by atoms with Crippen LogP contribution in [-0.4, -0.2) is 24.9 Å². The molecular weight excluding hydrogens is 122 g/mol. The van der Waals surface area contributed by atoms with E-state index in [9.17, 15) is 4.79 Å². The molecule has 0 radical (unpaired) electrons. The number of carbonyl (C=O) groups is 1. The maximum absolute atomic E-state index is 9.47. The number of methoxy groups -OCH3 is 1. The molecule has 0 aliphatic rings. The first kappa shape index (κ1) is 11.0. The fourth-order valence-corrected chi connectivity index (χ4v) is 0. The lowest BCUT2D eigenvalue weighted by atomic mass is 10.6. The van der Waals surface area contributed by atoms with E-state index < -0.39 is 5.91 Å². The van der Waals surface area contributed by atoms with Gasteiger partial charge in [0, 0.05) is 7.11 Å². The minimum Gasteiger partial charge on any atom is -0.371 e. The predicted octanol–water partition coefficient (Wildman–Crippen LogP) is -0.760. The van der Waals surface area contributed by atoms with Crippen LogP contribution in [0, 0.1) is 0 Å². The van der Waals surface area contributed by atoms with E-state index in [-0.39, 0.29) is 6.79 Å². The van der Waals surface area contributed by atoms with Gasteiger partial charge in [-0.2, -0.15) is 0 Å². The van der Waals surface area contributed by atoms with E-state index in [0.717, 1.165) is 6.08 Å². The number of aliphatic hydroxyl groups is 1. The van der Waals surface area contributed by atoms with Crippen molar-refractivity contribution in [3.8, 4) is 0 Å². The summed E-state index contributed by atoms with van der Waals surface area (Å²) in [5, 5.41) is 7.65. The Bertz CT molecular complexity index is 80.3. The second-order valence-corrected chi connectivity index (χ2v) is 1.02. The first-order valence-corrected chi connectivity index (χ1v) is 2.20. The molecule has 0 saturated carbocycles. The van der Waals surface area contributed by atoms with E-state index in [1.807, 2.05) is 0 Å². The molecule has 0 aromatic carbocycles. The molecular formula is C5H11NO3. The number of aliphatic hydroxyl groups excluding tert-OH is 1. The molecule has 0 atom stereocenters. The number of nitrogens with two attached hydrogens (primary N) is 1. The number of hydrogen-bond acceptors (Lipinski definition) is 3. The molecule has 0 aromatic heterocycles. The topological polar surface area (TPSA) is 72.6 Å². The van der Waals surface area contributed by atoms with Crippen LogP contribution in [0.2, 0.25) is 0 Å². The third-order valence-corrected chi connectivity index (χ3v) is 0.330. The molecule has 0 fully saturated rings. The van der Waals surface area contributed by atoms with Gasteiger partial charge in [-0.1, -0.05) is 6.58 Å². The minimum absolute atomic E-state index is 0.181. The molecule has 0 aliphatic carbocycles. The van der Waals surface area contributed by atoms with Crippen molar-refractivity contribution in [2.24, 2.45) is 5.73 Å². The summed E-state index contributed by atoms with van der Waals surface area (Å²) < 4.78 is 4.10. The number of rotatable bonds is 2. The standard InChI is InChI=1S/C3H5NO.C2H6O2/c1-2-3(4)5;1-4-2-3/h2H,1H2,(H2,4,5);3H,2H2,1H3. The fourth-order valence-electron chi connectivity index (χ4n) is 0. The van der Waals surface area contributed by atoms with E-state index in [1.54, 1.807) is 0 Å². The van der Waals surface area contributed by atoms with Crippen LogP contribution in [0.25, 0.3) is 0 Å². The first-order valence-electron chi connectivity index (χ1n) is 2.20. The Kier molecular flexibility index (Phi) is 12.4. The Morgan fingerprint density at radius 2 is 2.22 bits per heavy atom. The van der Waals surface area contributed by atoms with Crippen molar-refractivity contribution in [1.29, 1.82) is 0 Å². The Labute approximate surface area is 53.9 Å². The number of amides is 1. The summed E-state index contributed by atoms with van der Waals surface area (Å²) >= 11 is 0. The van der Waals surface area contributed by atoms with E-state index in [1.165, 1.54) is 7.11 Å². The largest absolute Gasteiger partial charge is 0.371 e. The van der Waals surface area contributed by atoms with E-state index in [4.69, 9.17) is 5.11 Å².